The van der Waals surface area contributed by atoms with Gasteiger partial charge in [-0.1, -0.05) is 42.5 Å². The Bertz CT molecular complexity index is 590. The molecular weight excluding hydrogens is 308 g/mol. The van der Waals surface area contributed by atoms with Crippen LogP contribution in [0.25, 0.3) is 10.4 Å². The predicted octanol–water partition coefficient (Wildman–Crippen LogP) is 4.15. The van der Waals surface area contributed by atoms with E-state index in [2.05, 4.69) is 23.1 Å². The SMILES string of the molecule is C1CN2CCC1CC2.NC(=S)c1ccc(-c2ccccc2)s1. The molecule has 2 nitrogen and oxygen atoms in total. The second-order valence-corrected chi connectivity index (χ2v) is 7.49. The van der Waals surface area contributed by atoms with Crippen LogP contribution in [0.4, 0.5) is 0 Å². The van der Waals surface area contributed by atoms with E-state index in [0.717, 1.165) is 10.8 Å². The lowest BCUT2D eigenvalue weighted by atomic mass is 9.89. The molecule has 1 aromatic heterocycles. The molecule has 2 bridgehead atoms. The van der Waals surface area contributed by atoms with Crippen LogP contribution >= 0.6 is 23.6 Å². The van der Waals surface area contributed by atoms with Crippen LogP contribution in [-0.4, -0.2) is 29.5 Å². The maximum absolute atomic E-state index is 5.55. The standard InChI is InChI=1S/C11H9NS2.C7H13N/c12-11(13)10-7-6-9(14-10)8-4-2-1-3-5-8;1-4-8-5-2-7(1)3-6-8/h1-7H,(H2,12,13);7H,1-6H2. The Morgan fingerprint density at radius 1 is 1.00 bits per heavy atom. The summed E-state index contributed by atoms with van der Waals surface area (Å²) in [4.78, 5) is 5.23. The average molecular weight is 331 g/mol. The van der Waals surface area contributed by atoms with Crippen molar-refractivity contribution in [3.05, 3.63) is 47.3 Å². The maximum atomic E-state index is 5.55. The van der Waals surface area contributed by atoms with Gasteiger partial charge in [0.15, 0.2) is 0 Å². The van der Waals surface area contributed by atoms with Gasteiger partial charge in [0.05, 0.1) is 4.88 Å². The number of hydrogen-bond acceptors (Lipinski definition) is 3. The van der Waals surface area contributed by atoms with Gasteiger partial charge in [0.2, 0.25) is 0 Å². The molecular formula is C18H22N2S2. The zero-order chi connectivity index (χ0) is 15.4. The highest BCUT2D eigenvalue weighted by Gasteiger charge is 2.24. The van der Waals surface area contributed by atoms with Gasteiger partial charge >= 0.3 is 0 Å². The third kappa shape index (κ3) is 3.94. The van der Waals surface area contributed by atoms with Crippen LogP contribution in [0.2, 0.25) is 0 Å². The number of rotatable bonds is 2. The van der Waals surface area contributed by atoms with Crippen LogP contribution in [0, 0.1) is 5.92 Å². The lowest BCUT2D eigenvalue weighted by Gasteiger charge is -2.38. The second kappa shape index (κ2) is 7.36. The topological polar surface area (TPSA) is 29.3 Å². The molecule has 3 aliphatic rings. The van der Waals surface area contributed by atoms with E-state index in [0.29, 0.717) is 4.99 Å². The number of piperidine rings is 3. The highest BCUT2D eigenvalue weighted by atomic mass is 32.1. The molecule has 0 radical (unpaired) electrons. The van der Waals surface area contributed by atoms with E-state index < -0.39 is 0 Å². The highest BCUT2D eigenvalue weighted by Crippen LogP contribution is 2.27. The van der Waals surface area contributed by atoms with E-state index >= 15 is 0 Å². The number of hydrogen-bond donors (Lipinski definition) is 1. The molecule has 0 saturated carbocycles. The zero-order valence-electron chi connectivity index (χ0n) is 12.7. The van der Waals surface area contributed by atoms with E-state index in [4.69, 9.17) is 18.0 Å². The largest absolute Gasteiger partial charge is 0.389 e. The van der Waals surface area contributed by atoms with Crippen molar-refractivity contribution in [1.29, 1.82) is 0 Å². The Labute approximate surface area is 142 Å². The number of thiophene rings is 1. The Kier molecular flexibility index (Phi) is 5.24. The quantitative estimate of drug-likeness (QED) is 0.839. The molecule has 2 N–H and O–H groups in total. The fraction of sp³-hybridized carbons (Fsp3) is 0.389. The Balaban J connectivity index is 0.000000151. The molecule has 4 heteroatoms. The molecule has 2 aromatic rings. The van der Waals surface area contributed by atoms with E-state index in [1.54, 1.807) is 11.3 Å². The molecule has 0 aliphatic carbocycles. The third-order valence-electron chi connectivity index (χ3n) is 4.47. The van der Waals surface area contributed by atoms with Crippen LogP contribution in [0.15, 0.2) is 42.5 Å². The minimum absolute atomic E-state index is 0.470. The van der Waals surface area contributed by atoms with Crippen molar-refractivity contribution < 1.29 is 0 Å². The fourth-order valence-electron chi connectivity index (χ4n) is 3.09. The van der Waals surface area contributed by atoms with Crippen molar-refractivity contribution in [2.24, 2.45) is 11.7 Å². The van der Waals surface area contributed by atoms with E-state index in [1.165, 1.54) is 49.3 Å². The summed E-state index contributed by atoms with van der Waals surface area (Å²) < 4.78 is 0. The van der Waals surface area contributed by atoms with Gasteiger partial charge in [0.1, 0.15) is 4.99 Å². The van der Waals surface area contributed by atoms with Crippen LogP contribution in [0.1, 0.15) is 24.1 Å². The van der Waals surface area contributed by atoms with Gasteiger partial charge < -0.3 is 10.6 Å². The summed E-state index contributed by atoms with van der Waals surface area (Å²) >= 11 is 6.54. The van der Waals surface area contributed by atoms with Crippen molar-refractivity contribution in [3.8, 4) is 10.4 Å². The number of nitrogens with zero attached hydrogens (tertiary/aromatic N) is 1. The fourth-order valence-corrected chi connectivity index (χ4v) is 4.15. The molecule has 116 valence electrons. The molecule has 3 saturated heterocycles. The summed E-state index contributed by atoms with van der Waals surface area (Å²) in [6.07, 6.45) is 4.46. The Morgan fingerprint density at radius 3 is 2.05 bits per heavy atom. The minimum atomic E-state index is 0.470. The molecule has 3 aliphatic heterocycles. The van der Waals surface area contributed by atoms with Crippen molar-refractivity contribution in [3.63, 3.8) is 0 Å². The molecule has 0 atom stereocenters. The lowest BCUT2D eigenvalue weighted by molar-refractivity contribution is 0.111. The first kappa shape index (κ1) is 15.7. The van der Waals surface area contributed by atoms with Crippen LogP contribution in [0.5, 0.6) is 0 Å². The number of benzene rings is 1. The van der Waals surface area contributed by atoms with Gasteiger partial charge in [0, 0.05) is 4.88 Å². The molecule has 5 rings (SSSR count). The van der Waals surface area contributed by atoms with Gasteiger partial charge in [-0.3, -0.25) is 0 Å². The van der Waals surface area contributed by atoms with Crippen molar-refractivity contribution >= 4 is 28.5 Å². The normalized spacial score (nSPS) is 22.7. The van der Waals surface area contributed by atoms with E-state index in [-0.39, 0.29) is 0 Å². The van der Waals surface area contributed by atoms with Crippen LogP contribution in [-0.2, 0) is 0 Å². The summed E-state index contributed by atoms with van der Waals surface area (Å²) in [5, 5.41) is 0. The first-order valence-electron chi connectivity index (χ1n) is 7.90. The summed E-state index contributed by atoms with van der Waals surface area (Å²) in [5.41, 5.74) is 6.76. The average Bonchev–Trinajstić information content (AvgIpc) is 3.08. The number of nitrogens with two attached hydrogens (primary N) is 1. The first-order chi connectivity index (χ1) is 10.7. The molecule has 4 heterocycles. The molecule has 22 heavy (non-hydrogen) atoms. The zero-order valence-corrected chi connectivity index (χ0v) is 14.3. The summed E-state index contributed by atoms with van der Waals surface area (Å²) in [6, 6.07) is 14.2. The Morgan fingerprint density at radius 2 is 1.64 bits per heavy atom. The molecule has 3 fully saturated rings. The summed E-state index contributed by atoms with van der Waals surface area (Å²) in [6.45, 7) is 4.18. The van der Waals surface area contributed by atoms with Gasteiger partial charge in [-0.05, 0) is 62.5 Å². The smallest absolute Gasteiger partial charge is 0.114 e. The molecule has 0 amide bonds. The van der Waals surface area contributed by atoms with Gasteiger partial charge in [-0.25, -0.2) is 0 Å². The number of thiocarbonyl (C=S) groups is 1. The summed E-state index contributed by atoms with van der Waals surface area (Å²) in [7, 11) is 0. The summed E-state index contributed by atoms with van der Waals surface area (Å²) in [5.74, 6) is 1.11. The van der Waals surface area contributed by atoms with Crippen LogP contribution < -0.4 is 5.73 Å². The van der Waals surface area contributed by atoms with Gasteiger partial charge in [-0.2, -0.15) is 0 Å². The predicted molar refractivity (Wildman–Crippen MR) is 99.4 cm³/mol. The first-order valence-corrected chi connectivity index (χ1v) is 9.12. The molecule has 0 spiro atoms. The van der Waals surface area contributed by atoms with Gasteiger partial charge in [0.25, 0.3) is 0 Å². The lowest BCUT2D eigenvalue weighted by Crippen LogP contribution is -2.41. The van der Waals surface area contributed by atoms with E-state index in [9.17, 15) is 0 Å². The Hall–Kier alpha value is -1.23. The monoisotopic (exact) mass is 330 g/mol. The maximum Gasteiger partial charge on any atom is 0.114 e. The van der Waals surface area contributed by atoms with Gasteiger partial charge in [-0.15, -0.1) is 11.3 Å². The molecule has 1 aromatic carbocycles. The van der Waals surface area contributed by atoms with Crippen molar-refractivity contribution in [2.75, 3.05) is 19.6 Å². The molecule has 0 unspecified atom stereocenters. The third-order valence-corrected chi connectivity index (χ3v) is 5.98. The highest BCUT2D eigenvalue weighted by molar-refractivity contribution is 7.81. The second-order valence-electron chi connectivity index (χ2n) is 5.97. The van der Waals surface area contributed by atoms with Crippen molar-refractivity contribution in [1.82, 2.24) is 4.90 Å². The minimum Gasteiger partial charge on any atom is -0.389 e. The number of fused-ring (bicyclic) bond motifs is 3. The van der Waals surface area contributed by atoms with E-state index in [1.807, 2.05) is 24.3 Å². The van der Waals surface area contributed by atoms with Crippen molar-refractivity contribution in [2.45, 2.75) is 19.3 Å². The van der Waals surface area contributed by atoms with Crippen LogP contribution in [0.3, 0.4) is 0 Å².